The van der Waals surface area contributed by atoms with Gasteiger partial charge in [-0.15, -0.1) is 0 Å². The van der Waals surface area contributed by atoms with Crippen LogP contribution in [0.5, 0.6) is 5.75 Å². The molecule has 0 bridgehead atoms. The predicted molar refractivity (Wildman–Crippen MR) is 61.3 cm³/mol. The maximum absolute atomic E-state index is 9.99. The van der Waals surface area contributed by atoms with Gasteiger partial charge < -0.3 is 14.9 Å². The highest BCUT2D eigenvalue weighted by Crippen LogP contribution is 2.38. The molecule has 0 saturated heterocycles. The van der Waals surface area contributed by atoms with Crippen LogP contribution in [-0.4, -0.2) is 22.9 Å². The molecule has 1 saturated carbocycles. The van der Waals surface area contributed by atoms with Crippen molar-refractivity contribution in [3.63, 3.8) is 0 Å². The van der Waals surface area contributed by atoms with Crippen molar-refractivity contribution in [2.75, 3.05) is 6.61 Å². The second-order valence-electron chi connectivity index (χ2n) is 4.28. The monoisotopic (exact) mass is 222 g/mol. The molecule has 1 aromatic rings. The molecule has 1 aliphatic carbocycles. The predicted octanol–water partition coefficient (Wildman–Crippen LogP) is 1.89. The molecule has 1 aromatic carbocycles. The summed E-state index contributed by atoms with van der Waals surface area (Å²) < 4.78 is 5.36. The molecule has 16 heavy (non-hydrogen) atoms. The zero-order valence-corrected chi connectivity index (χ0v) is 9.47. The normalized spacial score (nSPS) is 19.2. The Bertz CT molecular complexity index is 347. The molecule has 88 valence electrons. The summed E-state index contributed by atoms with van der Waals surface area (Å²) in [6.45, 7) is 2.52. The summed E-state index contributed by atoms with van der Waals surface area (Å²) in [4.78, 5) is 0. The Morgan fingerprint density at radius 3 is 2.75 bits per heavy atom. The van der Waals surface area contributed by atoms with Crippen LogP contribution in [0.4, 0.5) is 0 Å². The third-order valence-corrected chi connectivity index (χ3v) is 2.94. The molecule has 0 aliphatic heterocycles. The average Bonchev–Trinajstić information content (AvgIpc) is 3.12. The molecular weight excluding hydrogens is 204 g/mol. The minimum absolute atomic E-state index is 0.269. The van der Waals surface area contributed by atoms with Crippen LogP contribution in [0.3, 0.4) is 0 Å². The third-order valence-electron chi connectivity index (χ3n) is 2.94. The molecule has 0 heterocycles. The van der Waals surface area contributed by atoms with Gasteiger partial charge in [0.25, 0.3) is 0 Å². The van der Waals surface area contributed by atoms with Crippen molar-refractivity contribution in [2.24, 2.45) is 5.92 Å². The van der Waals surface area contributed by atoms with E-state index in [4.69, 9.17) is 4.74 Å². The zero-order chi connectivity index (χ0) is 11.5. The number of benzene rings is 1. The van der Waals surface area contributed by atoms with Gasteiger partial charge in [-0.1, -0.05) is 12.1 Å². The number of ether oxygens (including phenoxy) is 1. The molecule has 2 N–H and O–H groups in total. The van der Waals surface area contributed by atoms with E-state index in [1.807, 2.05) is 25.1 Å². The topological polar surface area (TPSA) is 49.7 Å². The van der Waals surface area contributed by atoms with Crippen LogP contribution < -0.4 is 4.74 Å². The lowest BCUT2D eigenvalue weighted by atomic mass is 10.0. The van der Waals surface area contributed by atoms with E-state index in [0.717, 1.165) is 24.2 Å². The smallest absolute Gasteiger partial charge is 0.119 e. The Labute approximate surface area is 95.7 Å². The van der Waals surface area contributed by atoms with Gasteiger partial charge in [0.2, 0.25) is 0 Å². The number of rotatable bonds is 5. The molecule has 0 radical (unpaired) electrons. The lowest BCUT2D eigenvalue weighted by Crippen LogP contribution is -2.20. The first-order chi connectivity index (χ1) is 7.72. The Kier molecular flexibility index (Phi) is 3.46. The quantitative estimate of drug-likeness (QED) is 0.800. The summed E-state index contributed by atoms with van der Waals surface area (Å²) in [5.74, 6) is 1.01. The first-order valence-corrected chi connectivity index (χ1v) is 5.81. The first kappa shape index (κ1) is 11.4. The fourth-order valence-corrected chi connectivity index (χ4v) is 1.85. The summed E-state index contributed by atoms with van der Waals surface area (Å²) in [5.41, 5.74) is 0.727. The van der Waals surface area contributed by atoms with Crippen LogP contribution in [0.2, 0.25) is 0 Å². The summed E-state index contributed by atoms with van der Waals surface area (Å²) in [7, 11) is 0. The van der Waals surface area contributed by atoms with Crippen molar-refractivity contribution < 1.29 is 14.9 Å². The highest BCUT2D eigenvalue weighted by atomic mass is 16.5. The first-order valence-electron chi connectivity index (χ1n) is 5.81. The Morgan fingerprint density at radius 1 is 1.38 bits per heavy atom. The van der Waals surface area contributed by atoms with Gasteiger partial charge in [-0.2, -0.15) is 0 Å². The fraction of sp³-hybridized carbons (Fsp3) is 0.538. The second-order valence-corrected chi connectivity index (χ2v) is 4.28. The van der Waals surface area contributed by atoms with Crippen LogP contribution in [0.15, 0.2) is 24.3 Å². The molecule has 2 unspecified atom stereocenters. The van der Waals surface area contributed by atoms with Crippen molar-refractivity contribution in [1.82, 2.24) is 0 Å². The minimum Gasteiger partial charge on any atom is -0.494 e. The van der Waals surface area contributed by atoms with Crippen molar-refractivity contribution in [3.05, 3.63) is 29.8 Å². The van der Waals surface area contributed by atoms with Crippen LogP contribution in [-0.2, 0) is 0 Å². The van der Waals surface area contributed by atoms with Gasteiger partial charge >= 0.3 is 0 Å². The van der Waals surface area contributed by atoms with Crippen LogP contribution >= 0.6 is 0 Å². The highest BCUT2D eigenvalue weighted by Gasteiger charge is 2.35. The largest absolute Gasteiger partial charge is 0.494 e. The molecule has 1 fully saturated rings. The summed E-state index contributed by atoms with van der Waals surface area (Å²) >= 11 is 0. The number of aliphatic hydroxyl groups is 2. The fourth-order valence-electron chi connectivity index (χ4n) is 1.85. The minimum atomic E-state index is -0.798. The Morgan fingerprint density at radius 2 is 2.12 bits per heavy atom. The average molecular weight is 222 g/mol. The van der Waals surface area contributed by atoms with Crippen molar-refractivity contribution in [2.45, 2.75) is 32.0 Å². The van der Waals surface area contributed by atoms with Crippen molar-refractivity contribution in [1.29, 1.82) is 0 Å². The molecule has 0 spiro atoms. The molecule has 0 amide bonds. The lowest BCUT2D eigenvalue weighted by Gasteiger charge is -2.18. The standard InChI is InChI=1S/C13H18O3/c1-2-16-11-5-3-4-10(8-11)13(15)12(14)9-6-7-9/h3-5,8-9,12-15H,2,6-7H2,1H3. The molecule has 3 nitrogen and oxygen atoms in total. The van der Waals surface area contributed by atoms with Gasteiger partial charge in [-0.05, 0) is 43.4 Å². The van der Waals surface area contributed by atoms with E-state index in [2.05, 4.69) is 0 Å². The number of aliphatic hydroxyl groups excluding tert-OH is 2. The van der Waals surface area contributed by atoms with E-state index < -0.39 is 12.2 Å². The molecule has 2 atom stereocenters. The summed E-state index contributed by atoms with van der Waals surface area (Å²) in [5, 5.41) is 19.8. The zero-order valence-electron chi connectivity index (χ0n) is 9.47. The van der Waals surface area contributed by atoms with Crippen LogP contribution in [0, 0.1) is 5.92 Å². The van der Waals surface area contributed by atoms with Gasteiger partial charge in [0, 0.05) is 0 Å². The van der Waals surface area contributed by atoms with Crippen molar-refractivity contribution >= 4 is 0 Å². The third kappa shape index (κ3) is 2.54. The number of hydrogen-bond acceptors (Lipinski definition) is 3. The molecule has 2 rings (SSSR count). The van der Waals surface area contributed by atoms with Crippen LogP contribution in [0.25, 0.3) is 0 Å². The van der Waals surface area contributed by atoms with Gasteiger partial charge in [0.1, 0.15) is 11.9 Å². The van der Waals surface area contributed by atoms with E-state index in [-0.39, 0.29) is 5.92 Å². The van der Waals surface area contributed by atoms with Gasteiger partial charge in [0.05, 0.1) is 12.7 Å². The van der Waals surface area contributed by atoms with E-state index in [9.17, 15) is 10.2 Å². The van der Waals surface area contributed by atoms with Gasteiger partial charge in [-0.25, -0.2) is 0 Å². The van der Waals surface area contributed by atoms with E-state index >= 15 is 0 Å². The molecule has 1 aliphatic rings. The SMILES string of the molecule is CCOc1cccc(C(O)C(O)C2CC2)c1. The Balaban J connectivity index is 2.09. The van der Waals surface area contributed by atoms with E-state index in [1.54, 1.807) is 6.07 Å². The molecule has 0 aromatic heterocycles. The van der Waals surface area contributed by atoms with Gasteiger partial charge in [-0.3, -0.25) is 0 Å². The number of hydrogen-bond donors (Lipinski definition) is 2. The second kappa shape index (κ2) is 4.85. The Hall–Kier alpha value is -1.06. The lowest BCUT2D eigenvalue weighted by molar-refractivity contribution is 0.00474. The van der Waals surface area contributed by atoms with Gasteiger partial charge in [0.15, 0.2) is 0 Å². The molecular formula is C13H18O3. The summed E-state index contributed by atoms with van der Waals surface area (Å²) in [6.07, 6.45) is 0.594. The van der Waals surface area contributed by atoms with E-state index in [1.165, 1.54) is 0 Å². The van der Waals surface area contributed by atoms with Crippen LogP contribution in [0.1, 0.15) is 31.4 Å². The molecule has 3 heteroatoms. The van der Waals surface area contributed by atoms with E-state index in [0.29, 0.717) is 6.61 Å². The maximum atomic E-state index is 9.99. The summed E-state index contributed by atoms with van der Waals surface area (Å²) in [6, 6.07) is 7.30. The van der Waals surface area contributed by atoms with Crippen molar-refractivity contribution in [3.8, 4) is 5.75 Å². The highest BCUT2D eigenvalue weighted by molar-refractivity contribution is 5.30. The maximum Gasteiger partial charge on any atom is 0.119 e.